The van der Waals surface area contributed by atoms with Crippen molar-refractivity contribution in [1.29, 1.82) is 0 Å². The number of amides is 9. The van der Waals surface area contributed by atoms with Crippen molar-refractivity contribution in [3.05, 3.63) is 0 Å². The molecular formula is C20H34N5O7+. The Hall–Kier alpha value is -2.57. The lowest BCUT2D eigenvalue weighted by Crippen LogP contribution is -2.73. The van der Waals surface area contributed by atoms with Gasteiger partial charge in [-0.25, -0.2) is 29.0 Å². The average molecular weight is 457 g/mol. The molecule has 2 atom stereocenters. The number of urea groups is 4. The van der Waals surface area contributed by atoms with E-state index in [1.807, 2.05) is 0 Å². The summed E-state index contributed by atoms with van der Waals surface area (Å²) in [6.07, 6.45) is -1.82. The van der Waals surface area contributed by atoms with Gasteiger partial charge in [0.2, 0.25) is 0 Å². The third-order valence-electron chi connectivity index (χ3n) is 6.40. The molecule has 12 heteroatoms. The summed E-state index contributed by atoms with van der Waals surface area (Å²) in [4.78, 5) is 67.6. The standard InChI is InChI=1S/C20H34N5O7/c1-7-13(26)12-24-17(30)22(15(28)20(24,4)5)10-14(27)11-23-16(29)21(6)18(31)25(8-2,9-3)19(23)32/h13-14,26-27H,7-12H2,1-6H3/q+1. The molecule has 0 bridgehead atoms. The Labute approximate surface area is 187 Å². The third-order valence-corrected chi connectivity index (χ3v) is 6.40. The average Bonchev–Trinajstić information content (AvgIpc) is 2.91. The summed E-state index contributed by atoms with van der Waals surface area (Å²) in [5.41, 5.74) is -1.22. The number of rotatable bonds is 9. The molecule has 180 valence electrons. The second-order valence-electron chi connectivity index (χ2n) is 8.70. The van der Waals surface area contributed by atoms with Crippen LogP contribution in [0.2, 0.25) is 0 Å². The minimum absolute atomic E-state index is 0.0380. The molecule has 2 N–H and O–H groups in total. The van der Waals surface area contributed by atoms with Gasteiger partial charge < -0.3 is 15.1 Å². The second kappa shape index (κ2) is 9.12. The summed E-state index contributed by atoms with van der Waals surface area (Å²) in [5.74, 6) is -0.555. The van der Waals surface area contributed by atoms with Crippen molar-refractivity contribution in [2.75, 3.05) is 39.8 Å². The number of hydrogen-bond acceptors (Lipinski definition) is 7. The van der Waals surface area contributed by atoms with Crippen molar-refractivity contribution < 1.29 is 38.7 Å². The van der Waals surface area contributed by atoms with Gasteiger partial charge in [0, 0.05) is 13.6 Å². The number of nitrogens with zero attached hydrogens (tertiary/aromatic N) is 5. The van der Waals surface area contributed by atoms with Gasteiger partial charge in [-0.15, -0.1) is 0 Å². The van der Waals surface area contributed by atoms with Crippen LogP contribution in [0.4, 0.5) is 19.2 Å². The fraction of sp³-hybridized carbons (Fsp3) is 0.750. The Kier molecular flexibility index (Phi) is 7.32. The first-order chi connectivity index (χ1) is 14.8. The summed E-state index contributed by atoms with van der Waals surface area (Å²) in [7, 11) is 1.27. The zero-order valence-corrected chi connectivity index (χ0v) is 19.6. The Morgan fingerprint density at radius 3 is 1.84 bits per heavy atom. The van der Waals surface area contributed by atoms with Crippen molar-refractivity contribution in [2.45, 2.75) is 58.8 Å². The number of β-amino-alcohol motifs (C(OH)–C–C–N with tert-alkyl or cyclic N) is 2. The Morgan fingerprint density at radius 1 is 0.812 bits per heavy atom. The van der Waals surface area contributed by atoms with E-state index in [1.165, 1.54) is 11.9 Å². The topological polar surface area (TPSA) is 139 Å². The molecule has 0 spiro atoms. The van der Waals surface area contributed by atoms with Crippen LogP contribution in [-0.4, -0.2) is 122 Å². The van der Waals surface area contributed by atoms with Gasteiger partial charge in [0.25, 0.3) is 5.91 Å². The van der Waals surface area contributed by atoms with E-state index < -0.39 is 65.4 Å². The van der Waals surface area contributed by atoms with Gasteiger partial charge in [-0.1, -0.05) is 6.92 Å². The maximum atomic E-state index is 13.0. The first-order valence-electron chi connectivity index (χ1n) is 10.8. The number of hydrogen-bond donors (Lipinski definition) is 2. The van der Waals surface area contributed by atoms with Gasteiger partial charge in [-0.05, 0) is 34.1 Å². The lowest BCUT2D eigenvalue weighted by Gasteiger charge is -2.41. The zero-order valence-electron chi connectivity index (χ0n) is 19.6. The van der Waals surface area contributed by atoms with Crippen molar-refractivity contribution in [3.8, 4) is 0 Å². The Balaban J connectivity index is 2.21. The van der Waals surface area contributed by atoms with E-state index in [4.69, 9.17) is 0 Å². The highest BCUT2D eigenvalue weighted by molar-refractivity contribution is 6.07. The summed E-state index contributed by atoms with van der Waals surface area (Å²) in [5, 5.41) is 20.6. The van der Waals surface area contributed by atoms with E-state index in [0.717, 1.165) is 14.7 Å². The predicted molar refractivity (Wildman–Crippen MR) is 112 cm³/mol. The van der Waals surface area contributed by atoms with Crippen molar-refractivity contribution in [3.63, 3.8) is 0 Å². The molecule has 9 amide bonds. The largest absolute Gasteiger partial charge is 0.436 e. The molecule has 32 heavy (non-hydrogen) atoms. The molecule has 2 unspecified atom stereocenters. The quantitative estimate of drug-likeness (QED) is 0.383. The number of quaternary nitrogens is 1. The van der Waals surface area contributed by atoms with Crippen LogP contribution < -0.4 is 0 Å². The summed E-state index contributed by atoms with van der Waals surface area (Å²) >= 11 is 0. The lowest BCUT2D eigenvalue weighted by atomic mass is 10.0. The summed E-state index contributed by atoms with van der Waals surface area (Å²) < 4.78 is -0.605. The normalized spacial score (nSPS) is 22.8. The first-order valence-corrected chi connectivity index (χ1v) is 10.8. The van der Waals surface area contributed by atoms with Gasteiger partial charge in [-0.3, -0.25) is 9.69 Å². The number of aliphatic hydroxyl groups excluding tert-OH is 2. The molecule has 0 aromatic carbocycles. The number of carbonyl (C=O) groups excluding carboxylic acids is 5. The molecule has 2 rings (SSSR count). The minimum Gasteiger partial charge on any atom is -0.391 e. The van der Waals surface area contributed by atoms with Crippen molar-refractivity contribution >= 4 is 30.0 Å². The molecule has 0 aromatic heterocycles. The fourth-order valence-corrected chi connectivity index (χ4v) is 4.07. The highest BCUT2D eigenvalue weighted by Crippen LogP contribution is 2.29. The first kappa shape index (κ1) is 25.7. The molecule has 0 aromatic rings. The van der Waals surface area contributed by atoms with Crippen molar-refractivity contribution in [1.82, 2.24) is 19.6 Å². The highest BCUT2D eigenvalue weighted by Gasteiger charge is 2.56. The van der Waals surface area contributed by atoms with Crippen LogP contribution in [0.5, 0.6) is 0 Å². The minimum atomic E-state index is -1.42. The number of carbonyl (C=O) groups is 5. The highest BCUT2D eigenvalue weighted by atomic mass is 16.3. The molecule has 0 radical (unpaired) electrons. The number of aliphatic hydroxyl groups is 2. The van der Waals surface area contributed by atoms with Gasteiger partial charge >= 0.3 is 24.1 Å². The van der Waals surface area contributed by atoms with Gasteiger partial charge in [0.15, 0.2) is 0 Å². The molecule has 2 saturated heterocycles. The molecule has 2 aliphatic rings. The van der Waals surface area contributed by atoms with E-state index in [-0.39, 0.29) is 19.6 Å². The number of imide groups is 4. The fourth-order valence-electron chi connectivity index (χ4n) is 4.07. The predicted octanol–water partition coefficient (Wildman–Crippen LogP) is 0.625. The van der Waals surface area contributed by atoms with Gasteiger partial charge in [0.05, 0.1) is 38.4 Å². The molecule has 2 aliphatic heterocycles. The van der Waals surface area contributed by atoms with E-state index >= 15 is 0 Å². The van der Waals surface area contributed by atoms with Crippen LogP contribution in [0.3, 0.4) is 0 Å². The second-order valence-corrected chi connectivity index (χ2v) is 8.70. The lowest BCUT2D eigenvalue weighted by molar-refractivity contribution is -0.773. The van der Waals surface area contributed by atoms with E-state index in [1.54, 1.807) is 34.6 Å². The molecule has 12 nitrogen and oxygen atoms in total. The van der Waals surface area contributed by atoms with E-state index in [9.17, 15) is 34.2 Å². The van der Waals surface area contributed by atoms with Crippen LogP contribution in [0.1, 0.15) is 41.0 Å². The molecule has 2 heterocycles. The van der Waals surface area contributed by atoms with Crippen LogP contribution in [0.15, 0.2) is 0 Å². The Bertz CT molecular complexity index is 810. The van der Waals surface area contributed by atoms with Gasteiger partial charge in [0.1, 0.15) is 5.54 Å². The maximum absolute atomic E-state index is 13.0. The maximum Gasteiger partial charge on any atom is 0.436 e. The monoisotopic (exact) mass is 456 g/mol. The molecular weight excluding hydrogens is 422 g/mol. The summed E-state index contributed by atoms with van der Waals surface area (Å²) in [6, 6.07) is -2.94. The smallest absolute Gasteiger partial charge is 0.391 e. The third kappa shape index (κ3) is 3.97. The Morgan fingerprint density at radius 2 is 1.34 bits per heavy atom. The zero-order chi connectivity index (χ0) is 24.6. The van der Waals surface area contributed by atoms with Crippen LogP contribution in [0, 0.1) is 0 Å². The molecule has 2 fully saturated rings. The van der Waals surface area contributed by atoms with Crippen LogP contribution in [-0.2, 0) is 4.79 Å². The molecule has 0 saturated carbocycles. The van der Waals surface area contributed by atoms with Crippen LogP contribution >= 0.6 is 0 Å². The molecule has 0 aliphatic carbocycles. The van der Waals surface area contributed by atoms with Crippen molar-refractivity contribution in [2.24, 2.45) is 0 Å². The van der Waals surface area contributed by atoms with Gasteiger partial charge in [-0.2, -0.15) is 4.48 Å². The van der Waals surface area contributed by atoms with Crippen LogP contribution in [0.25, 0.3) is 0 Å². The summed E-state index contributed by atoms with van der Waals surface area (Å²) in [6.45, 7) is 7.46. The van der Waals surface area contributed by atoms with E-state index in [0.29, 0.717) is 6.42 Å². The SMILES string of the molecule is CCC(O)CN1C(=O)N(CC(O)CN2C(=O)N(C)C(=O)[N+](CC)(CC)C2=O)C(=O)C1(C)C. The van der Waals surface area contributed by atoms with E-state index in [2.05, 4.69) is 0 Å².